The SMILES string of the molecule is CNc1ccccc1C(=O)OC1C(COP(=O)(O)OP(=O)(O)O)OC(n2cnc3c(=O)[nH]c(N)nc32)C1O. The van der Waals surface area contributed by atoms with Crippen molar-refractivity contribution in [1.82, 2.24) is 19.5 Å². The Kier molecular flexibility index (Phi) is 7.72. The predicted octanol–water partition coefficient (Wildman–Crippen LogP) is -0.546. The van der Waals surface area contributed by atoms with E-state index in [1.54, 1.807) is 25.2 Å². The third-order valence-electron chi connectivity index (χ3n) is 5.31. The number of phosphoric ester groups is 1. The minimum atomic E-state index is -5.42. The summed E-state index contributed by atoms with van der Waals surface area (Å²) in [4.78, 5) is 62.5. The monoisotopic (exact) mass is 576 g/mol. The highest BCUT2D eigenvalue weighted by atomic mass is 31.3. The Bertz CT molecular complexity index is 1500. The Morgan fingerprint density at radius 2 is 2.00 bits per heavy atom. The summed E-state index contributed by atoms with van der Waals surface area (Å²) in [6.45, 7) is -0.935. The van der Waals surface area contributed by atoms with E-state index in [4.69, 9.17) is 25.0 Å². The molecule has 1 aliphatic rings. The number of H-pyrrole nitrogens is 1. The molecule has 3 heterocycles. The molecule has 0 radical (unpaired) electrons. The highest BCUT2D eigenvalue weighted by Gasteiger charge is 2.49. The van der Waals surface area contributed by atoms with Crippen molar-refractivity contribution in [2.75, 3.05) is 24.7 Å². The van der Waals surface area contributed by atoms with Crippen LogP contribution in [0.25, 0.3) is 11.2 Å². The number of nitrogen functional groups attached to an aromatic ring is 1. The van der Waals surface area contributed by atoms with Gasteiger partial charge in [-0.15, -0.1) is 0 Å². The van der Waals surface area contributed by atoms with Crippen LogP contribution in [0.1, 0.15) is 16.6 Å². The van der Waals surface area contributed by atoms with E-state index in [9.17, 15) is 28.7 Å². The number of nitrogens with two attached hydrogens (primary N) is 1. The number of ether oxygens (including phenoxy) is 2. The van der Waals surface area contributed by atoms with Gasteiger partial charge in [-0.25, -0.2) is 18.9 Å². The van der Waals surface area contributed by atoms with E-state index in [1.807, 2.05) is 0 Å². The molecule has 1 fully saturated rings. The zero-order chi connectivity index (χ0) is 27.8. The van der Waals surface area contributed by atoms with E-state index in [0.29, 0.717) is 5.69 Å². The number of para-hydroxylation sites is 1. The van der Waals surface area contributed by atoms with Gasteiger partial charge >= 0.3 is 21.6 Å². The summed E-state index contributed by atoms with van der Waals surface area (Å²) < 4.78 is 43.6. The van der Waals surface area contributed by atoms with Crippen molar-refractivity contribution in [2.45, 2.75) is 24.5 Å². The van der Waals surface area contributed by atoms with Gasteiger partial charge in [-0.05, 0) is 12.1 Å². The van der Waals surface area contributed by atoms with Crippen molar-refractivity contribution < 1.29 is 52.0 Å². The molecule has 18 nitrogen and oxygen atoms in total. The third kappa shape index (κ3) is 5.94. The first kappa shape index (κ1) is 27.8. The molecule has 1 aromatic carbocycles. The number of carbonyl (C=O) groups excluding carboxylic acids is 1. The number of nitrogens with one attached hydrogen (secondary N) is 2. The first-order valence-electron chi connectivity index (χ1n) is 10.6. The normalized spacial score (nSPS) is 23.3. The number of aromatic nitrogens is 4. The number of hydrogen-bond donors (Lipinski definition) is 7. The van der Waals surface area contributed by atoms with Crippen molar-refractivity contribution in [3.05, 3.63) is 46.5 Å². The third-order valence-corrected chi connectivity index (χ3v) is 7.46. The molecule has 20 heteroatoms. The second-order valence-electron chi connectivity index (χ2n) is 7.83. The number of aliphatic hydroxyl groups excluding tert-OH is 1. The number of imidazole rings is 1. The van der Waals surface area contributed by atoms with Gasteiger partial charge in [0, 0.05) is 12.7 Å². The van der Waals surface area contributed by atoms with Gasteiger partial charge in [0.25, 0.3) is 5.56 Å². The summed E-state index contributed by atoms with van der Waals surface area (Å²) in [5.74, 6) is -1.18. The average molecular weight is 576 g/mol. The molecule has 2 aromatic heterocycles. The van der Waals surface area contributed by atoms with Crippen LogP contribution in [0.2, 0.25) is 0 Å². The molecule has 206 valence electrons. The van der Waals surface area contributed by atoms with Gasteiger partial charge in [-0.1, -0.05) is 12.1 Å². The van der Waals surface area contributed by atoms with E-state index >= 15 is 0 Å². The van der Waals surface area contributed by atoms with Crippen LogP contribution in [-0.4, -0.2) is 77.2 Å². The van der Waals surface area contributed by atoms with Crippen LogP contribution in [-0.2, 0) is 27.4 Å². The number of esters is 1. The molecular formula is C18H22N6O12P2. The molecule has 1 aliphatic heterocycles. The van der Waals surface area contributed by atoms with Crippen LogP contribution >= 0.6 is 15.6 Å². The number of rotatable bonds is 9. The van der Waals surface area contributed by atoms with Crippen LogP contribution in [0.5, 0.6) is 0 Å². The highest BCUT2D eigenvalue weighted by Crippen LogP contribution is 2.57. The summed E-state index contributed by atoms with van der Waals surface area (Å²) >= 11 is 0. The van der Waals surface area contributed by atoms with E-state index in [1.165, 1.54) is 6.07 Å². The lowest BCUT2D eigenvalue weighted by molar-refractivity contribution is -0.0520. The van der Waals surface area contributed by atoms with Gasteiger partial charge in [0.15, 0.2) is 23.5 Å². The van der Waals surface area contributed by atoms with Crippen LogP contribution in [0.3, 0.4) is 0 Å². The van der Waals surface area contributed by atoms with Crippen LogP contribution in [0.4, 0.5) is 11.6 Å². The number of aliphatic hydroxyl groups is 1. The molecule has 0 saturated carbocycles. The van der Waals surface area contributed by atoms with Crippen LogP contribution < -0.4 is 16.6 Å². The van der Waals surface area contributed by atoms with Crippen molar-refractivity contribution in [2.24, 2.45) is 0 Å². The zero-order valence-electron chi connectivity index (χ0n) is 19.3. The Morgan fingerprint density at radius 1 is 1.29 bits per heavy atom. The number of aromatic amines is 1. The maximum atomic E-state index is 13.0. The molecule has 4 rings (SSSR count). The van der Waals surface area contributed by atoms with Gasteiger partial charge in [-0.3, -0.25) is 18.9 Å². The molecular weight excluding hydrogens is 554 g/mol. The number of carbonyl (C=O) groups is 1. The summed E-state index contributed by atoms with van der Waals surface area (Å²) in [7, 11) is -9.17. The Labute approximate surface area is 212 Å². The number of hydrogen-bond acceptors (Lipinski definition) is 13. The maximum absolute atomic E-state index is 13.0. The smallest absolute Gasteiger partial charge is 0.453 e. The van der Waals surface area contributed by atoms with E-state index < -0.39 is 58.3 Å². The van der Waals surface area contributed by atoms with Gasteiger partial charge in [0.2, 0.25) is 5.95 Å². The molecule has 0 bridgehead atoms. The van der Waals surface area contributed by atoms with Crippen molar-refractivity contribution >= 4 is 44.4 Å². The van der Waals surface area contributed by atoms with Crippen molar-refractivity contribution in [3.8, 4) is 0 Å². The lowest BCUT2D eigenvalue weighted by atomic mass is 10.1. The van der Waals surface area contributed by atoms with Gasteiger partial charge < -0.3 is 40.3 Å². The predicted molar refractivity (Wildman–Crippen MR) is 127 cm³/mol. The Morgan fingerprint density at radius 3 is 2.68 bits per heavy atom. The van der Waals surface area contributed by atoms with Gasteiger partial charge in [0.1, 0.15) is 12.2 Å². The van der Waals surface area contributed by atoms with Crippen LogP contribution in [0, 0.1) is 0 Å². The Hall–Kier alpha value is -3.18. The topological polar surface area (TPSA) is 271 Å². The zero-order valence-corrected chi connectivity index (χ0v) is 21.1. The summed E-state index contributed by atoms with van der Waals surface area (Å²) in [5.41, 5.74) is 5.15. The largest absolute Gasteiger partial charge is 0.481 e. The lowest BCUT2D eigenvalue weighted by Crippen LogP contribution is -2.38. The van der Waals surface area contributed by atoms with E-state index in [2.05, 4.69) is 29.1 Å². The van der Waals surface area contributed by atoms with E-state index in [0.717, 1.165) is 10.9 Å². The number of benzene rings is 1. The first-order chi connectivity index (χ1) is 17.8. The number of phosphoric acid groups is 2. The molecule has 38 heavy (non-hydrogen) atoms. The summed E-state index contributed by atoms with van der Waals surface area (Å²) in [6, 6.07) is 6.26. The first-order valence-corrected chi connectivity index (χ1v) is 13.6. The molecule has 0 spiro atoms. The number of fused-ring (bicyclic) bond motifs is 1. The second-order valence-corrected chi connectivity index (χ2v) is 10.7. The standard InChI is InChI=1S/C18H22N6O12P2/c1-20-9-5-3-2-4-8(9)17(27)35-13-10(6-33-38(31,32)36-37(28,29)30)34-16(12(13)25)24-7-21-11-14(24)22-18(19)23-15(11)26/h2-5,7,10,12-13,16,20,25H,6H2,1H3,(H,31,32)(H2,28,29,30)(H3,19,22,23,26). The fourth-order valence-corrected chi connectivity index (χ4v) is 5.35. The molecule has 0 aliphatic carbocycles. The molecule has 5 atom stereocenters. The average Bonchev–Trinajstić information content (AvgIpc) is 3.37. The minimum absolute atomic E-state index is 0.0806. The second kappa shape index (κ2) is 10.5. The van der Waals surface area contributed by atoms with Crippen molar-refractivity contribution in [3.63, 3.8) is 0 Å². The quantitative estimate of drug-likeness (QED) is 0.124. The molecule has 5 unspecified atom stereocenters. The maximum Gasteiger partial charge on any atom is 0.481 e. The molecule has 1 saturated heterocycles. The fourth-order valence-electron chi connectivity index (χ4n) is 3.75. The minimum Gasteiger partial charge on any atom is -0.453 e. The highest BCUT2D eigenvalue weighted by molar-refractivity contribution is 7.60. The Balaban J connectivity index is 1.66. The lowest BCUT2D eigenvalue weighted by Gasteiger charge is -2.22. The number of anilines is 2. The fraction of sp³-hybridized carbons (Fsp3) is 0.333. The number of nitrogens with zero attached hydrogens (tertiary/aromatic N) is 3. The molecule has 8 N–H and O–H groups in total. The molecule has 3 aromatic rings. The van der Waals surface area contributed by atoms with Crippen LogP contribution in [0.15, 0.2) is 35.4 Å². The van der Waals surface area contributed by atoms with Gasteiger partial charge in [0.05, 0.1) is 18.5 Å². The van der Waals surface area contributed by atoms with Gasteiger partial charge in [-0.2, -0.15) is 9.29 Å². The van der Waals surface area contributed by atoms with Crippen molar-refractivity contribution in [1.29, 1.82) is 0 Å². The van der Waals surface area contributed by atoms with E-state index in [-0.39, 0.29) is 22.7 Å². The molecule has 0 amide bonds. The summed E-state index contributed by atoms with van der Waals surface area (Å²) in [5, 5.41) is 13.9. The summed E-state index contributed by atoms with van der Waals surface area (Å²) in [6.07, 6.45) is -5.07.